The molecule has 2 aliphatic heterocycles. The Morgan fingerprint density at radius 1 is 1.06 bits per heavy atom. The third-order valence-corrected chi connectivity index (χ3v) is 16.9. The highest BCUT2D eigenvalue weighted by molar-refractivity contribution is 5.80. The van der Waals surface area contributed by atoms with Crippen molar-refractivity contribution in [3.63, 3.8) is 0 Å². The van der Waals surface area contributed by atoms with E-state index < -0.39 is 17.8 Å². The molecule has 7 fully saturated rings. The van der Waals surface area contributed by atoms with Crippen LogP contribution in [0.3, 0.4) is 0 Å². The number of aliphatic hydroxyl groups is 2. The van der Waals surface area contributed by atoms with Gasteiger partial charge in [0.15, 0.2) is 6.29 Å². The second kappa shape index (κ2) is 12.4. The number of nitrogens with zero attached hydrogens (tertiary/aromatic N) is 2. The lowest BCUT2D eigenvalue weighted by atomic mass is 9.41. The molecule has 2 spiro atoms. The van der Waals surface area contributed by atoms with Crippen molar-refractivity contribution in [1.29, 1.82) is 0 Å². The highest BCUT2D eigenvalue weighted by atomic mass is 16.7. The van der Waals surface area contributed by atoms with Gasteiger partial charge >= 0.3 is 0 Å². The average Bonchev–Trinajstić information content (AvgIpc) is 3.68. The molecular formula is C41H70N2O7. The average molecular weight is 703 g/mol. The summed E-state index contributed by atoms with van der Waals surface area (Å²) in [5, 5.41) is 23.7. The van der Waals surface area contributed by atoms with Crippen molar-refractivity contribution in [3.8, 4) is 0 Å². The van der Waals surface area contributed by atoms with E-state index in [2.05, 4.69) is 39.5 Å². The summed E-state index contributed by atoms with van der Waals surface area (Å²) >= 11 is 0. The Morgan fingerprint density at radius 2 is 1.74 bits per heavy atom. The third-order valence-electron chi connectivity index (χ3n) is 16.9. The van der Waals surface area contributed by atoms with Gasteiger partial charge in [-0.2, -0.15) is 0 Å². The Bertz CT molecular complexity index is 1300. The molecule has 5 aliphatic carbocycles. The van der Waals surface area contributed by atoms with Crippen LogP contribution in [0.4, 0.5) is 0 Å². The van der Waals surface area contributed by atoms with Gasteiger partial charge in [0, 0.05) is 32.7 Å². The number of carbonyl (C=O) groups excluding carboxylic acids is 1. The Labute approximate surface area is 302 Å². The zero-order chi connectivity index (χ0) is 36.4. The Kier molecular flexibility index (Phi) is 9.27. The van der Waals surface area contributed by atoms with Crippen molar-refractivity contribution in [3.05, 3.63) is 0 Å². The predicted molar refractivity (Wildman–Crippen MR) is 192 cm³/mol. The van der Waals surface area contributed by atoms with Gasteiger partial charge in [0.1, 0.15) is 6.10 Å². The van der Waals surface area contributed by atoms with Crippen molar-refractivity contribution < 1.29 is 34.0 Å². The minimum Gasteiger partial charge on any atom is -0.390 e. The first-order valence-electron chi connectivity index (χ1n) is 20.2. The molecule has 7 aliphatic rings. The number of carbonyl (C=O) groups is 1. The van der Waals surface area contributed by atoms with Gasteiger partial charge < -0.3 is 34.1 Å². The van der Waals surface area contributed by atoms with Gasteiger partial charge in [-0.05, 0) is 124 Å². The zero-order valence-electron chi connectivity index (χ0n) is 33.2. The summed E-state index contributed by atoms with van der Waals surface area (Å²) in [4.78, 5) is 16.6. The Morgan fingerprint density at radius 3 is 2.40 bits per heavy atom. The van der Waals surface area contributed by atoms with E-state index in [0.29, 0.717) is 48.8 Å². The maximum atomic E-state index is 12.7. The van der Waals surface area contributed by atoms with Crippen LogP contribution in [-0.4, -0.2) is 115 Å². The van der Waals surface area contributed by atoms with E-state index in [1.807, 2.05) is 41.8 Å². The molecule has 286 valence electrons. The second-order valence-corrected chi connectivity index (χ2v) is 19.9. The monoisotopic (exact) mass is 703 g/mol. The molecule has 0 radical (unpaired) electrons. The molecule has 2 N–H and O–H groups in total. The lowest BCUT2D eigenvalue weighted by molar-refractivity contribution is -0.250. The number of amides is 1. The number of ether oxygens (including phenoxy) is 4. The van der Waals surface area contributed by atoms with Crippen LogP contribution in [0.2, 0.25) is 0 Å². The number of morpholine rings is 1. The molecule has 9 heteroatoms. The largest absolute Gasteiger partial charge is 0.390 e. The molecule has 0 aromatic rings. The van der Waals surface area contributed by atoms with Crippen LogP contribution >= 0.6 is 0 Å². The summed E-state index contributed by atoms with van der Waals surface area (Å²) < 4.78 is 26.2. The zero-order valence-corrected chi connectivity index (χ0v) is 33.2. The van der Waals surface area contributed by atoms with Crippen LogP contribution in [0.5, 0.6) is 0 Å². The summed E-state index contributed by atoms with van der Waals surface area (Å²) in [6, 6.07) is -0.191. The SMILES string of the molecule is CCO[C@@H](C1C[C@@H](C)[C@H]2C(O1)[C@H](O)[C@@]1(C)C3CC[C@H]4C(C)(C)[C@@H](O[C@H]5CN([C@H](C)C(=O)N(C)C)CCO5)CC[C@@]45CC35CC[C@]21C)C(C)(C)O. The summed E-state index contributed by atoms with van der Waals surface area (Å²) in [6.45, 7) is 22.3. The molecule has 15 atom stereocenters. The van der Waals surface area contributed by atoms with E-state index in [0.717, 1.165) is 32.2 Å². The van der Waals surface area contributed by atoms with Gasteiger partial charge in [0.25, 0.3) is 0 Å². The van der Waals surface area contributed by atoms with Gasteiger partial charge in [-0.25, -0.2) is 0 Å². The van der Waals surface area contributed by atoms with Crippen molar-refractivity contribution in [2.24, 2.45) is 50.7 Å². The van der Waals surface area contributed by atoms with Crippen LogP contribution in [0.15, 0.2) is 0 Å². The first kappa shape index (κ1) is 37.5. The van der Waals surface area contributed by atoms with Crippen LogP contribution in [-0.2, 0) is 23.7 Å². The van der Waals surface area contributed by atoms with E-state index in [-0.39, 0.29) is 58.2 Å². The highest BCUT2D eigenvalue weighted by Gasteiger charge is 2.84. The molecule has 9 nitrogen and oxygen atoms in total. The van der Waals surface area contributed by atoms with Crippen LogP contribution in [0, 0.1) is 50.7 Å². The van der Waals surface area contributed by atoms with E-state index in [1.165, 1.54) is 25.7 Å². The number of rotatable bonds is 8. The van der Waals surface area contributed by atoms with Crippen molar-refractivity contribution in [2.45, 2.75) is 162 Å². The number of aliphatic hydroxyl groups excluding tert-OH is 1. The normalized spacial score (nSPS) is 49.4. The van der Waals surface area contributed by atoms with Crippen molar-refractivity contribution >= 4 is 5.91 Å². The maximum Gasteiger partial charge on any atom is 0.239 e. The standard InChI is InChI=1S/C41H70N2O7/c1-12-47-34(37(6,7)46)26-21-24(2)31-32(49-26)33(44)39(9)28-14-13-27-36(4,5)29(15-16-40(27)23-41(28,40)18-17-38(31,39)8)50-30-22-43(19-20-48-30)25(3)35(45)42(10)11/h24-34,44,46H,12-23H2,1-11H3/t24-,25-,26?,27+,28?,29+,30+,31+,32?,33+,34+,38-,39-,40-,41?/m1/s1. The van der Waals surface area contributed by atoms with Crippen LogP contribution in [0.1, 0.15) is 114 Å². The molecule has 0 aromatic carbocycles. The molecule has 0 bridgehead atoms. The van der Waals surface area contributed by atoms with Crippen LogP contribution < -0.4 is 0 Å². The molecule has 4 unspecified atom stereocenters. The quantitative estimate of drug-likeness (QED) is 0.343. The minimum atomic E-state index is -1.03. The molecule has 7 rings (SSSR count). The van der Waals surface area contributed by atoms with Crippen molar-refractivity contribution in [2.75, 3.05) is 40.4 Å². The van der Waals surface area contributed by atoms with E-state index in [9.17, 15) is 15.0 Å². The number of hydrogen-bond donors (Lipinski definition) is 2. The molecule has 0 aromatic heterocycles. The Balaban J connectivity index is 1.10. The number of likely N-dealkylation sites (N-methyl/N-ethyl adjacent to an activating group) is 1. The van der Waals surface area contributed by atoms with Crippen LogP contribution in [0.25, 0.3) is 0 Å². The van der Waals surface area contributed by atoms with Gasteiger partial charge in [-0.1, -0.05) is 34.6 Å². The molecule has 2 heterocycles. The van der Waals surface area contributed by atoms with Gasteiger partial charge in [-0.15, -0.1) is 0 Å². The highest BCUT2D eigenvalue weighted by Crippen LogP contribution is 2.89. The smallest absolute Gasteiger partial charge is 0.239 e. The number of fused-ring (bicyclic) bond motifs is 4. The molecule has 2 saturated heterocycles. The first-order chi connectivity index (χ1) is 23.3. The first-order valence-corrected chi connectivity index (χ1v) is 20.2. The topological polar surface area (TPSA) is 101 Å². The molecule has 1 amide bonds. The van der Waals surface area contributed by atoms with Gasteiger partial charge in [0.2, 0.25) is 5.91 Å². The summed E-state index contributed by atoms with van der Waals surface area (Å²) in [5.74, 6) is 1.83. The molecular weight excluding hydrogens is 632 g/mol. The predicted octanol–water partition coefficient (Wildman–Crippen LogP) is 5.50. The lowest BCUT2D eigenvalue weighted by Gasteiger charge is -2.64. The fourth-order valence-corrected chi connectivity index (χ4v) is 14.5. The number of hydrogen-bond acceptors (Lipinski definition) is 8. The van der Waals surface area contributed by atoms with Gasteiger partial charge in [0.05, 0.1) is 49.2 Å². The summed E-state index contributed by atoms with van der Waals surface area (Å²) in [5.41, 5.74) is -0.685. The van der Waals surface area contributed by atoms with E-state index in [1.54, 1.807) is 4.90 Å². The summed E-state index contributed by atoms with van der Waals surface area (Å²) in [7, 11) is 3.64. The molecule has 50 heavy (non-hydrogen) atoms. The van der Waals surface area contributed by atoms with Crippen molar-refractivity contribution in [1.82, 2.24) is 9.80 Å². The maximum absolute atomic E-state index is 12.7. The minimum absolute atomic E-state index is 0.00357. The molecule has 5 saturated carbocycles. The fourth-order valence-electron chi connectivity index (χ4n) is 14.5. The fraction of sp³-hybridized carbons (Fsp3) is 0.976. The van der Waals surface area contributed by atoms with E-state index in [4.69, 9.17) is 18.9 Å². The summed E-state index contributed by atoms with van der Waals surface area (Å²) in [6.07, 6.45) is 7.39. The lowest BCUT2D eigenvalue weighted by Crippen LogP contribution is -2.60. The third kappa shape index (κ3) is 5.12. The van der Waals surface area contributed by atoms with E-state index >= 15 is 0 Å². The Hall–Kier alpha value is -0.810. The second-order valence-electron chi connectivity index (χ2n) is 19.9. The van der Waals surface area contributed by atoms with Gasteiger partial charge in [-0.3, -0.25) is 9.69 Å².